The molecule has 1 heterocycles. The van der Waals surface area contributed by atoms with E-state index in [2.05, 4.69) is 4.90 Å². The van der Waals surface area contributed by atoms with Gasteiger partial charge >= 0.3 is 0 Å². The van der Waals surface area contributed by atoms with Gasteiger partial charge in [-0.2, -0.15) is 0 Å². The van der Waals surface area contributed by atoms with Crippen LogP contribution >= 0.6 is 36.4 Å². The van der Waals surface area contributed by atoms with Crippen LogP contribution in [0.25, 0.3) is 0 Å². The SMILES string of the molecule is Cl.Cl.NC1CCC(C(=O)N2CCN(Cc3c(F)cccc3Cl)CC2)C1. The molecule has 2 aliphatic rings. The van der Waals surface area contributed by atoms with Crippen molar-refractivity contribution in [3.8, 4) is 0 Å². The molecule has 0 spiro atoms. The van der Waals surface area contributed by atoms with Crippen molar-refractivity contribution < 1.29 is 9.18 Å². The molecule has 2 fully saturated rings. The summed E-state index contributed by atoms with van der Waals surface area (Å²) in [7, 11) is 0. The summed E-state index contributed by atoms with van der Waals surface area (Å²) in [5.74, 6) is 0.0648. The first kappa shape index (κ1) is 22.5. The zero-order valence-corrected chi connectivity index (χ0v) is 16.4. The Hall–Kier alpha value is -0.590. The van der Waals surface area contributed by atoms with E-state index in [0.717, 1.165) is 32.4 Å². The molecule has 142 valence electrons. The lowest BCUT2D eigenvalue weighted by Gasteiger charge is -2.36. The minimum Gasteiger partial charge on any atom is -0.340 e. The monoisotopic (exact) mass is 411 g/mol. The minimum atomic E-state index is -0.268. The number of hydrogen-bond acceptors (Lipinski definition) is 3. The number of nitrogens with two attached hydrogens (primary N) is 1. The number of nitrogens with zero attached hydrogens (tertiary/aromatic N) is 2. The molecule has 1 aromatic rings. The molecule has 0 bridgehead atoms. The van der Waals surface area contributed by atoms with Gasteiger partial charge in [-0.05, 0) is 31.4 Å². The van der Waals surface area contributed by atoms with Gasteiger partial charge in [-0.3, -0.25) is 9.69 Å². The first-order valence-corrected chi connectivity index (χ1v) is 8.62. The van der Waals surface area contributed by atoms with Crippen LogP contribution in [-0.2, 0) is 11.3 Å². The molecule has 2 N–H and O–H groups in total. The number of piperazine rings is 1. The van der Waals surface area contributed by atoms with Crippen molar-refractivity contribution in [2.45, 2.75) is 31.8 Å². The van der Waals surface area contributed by atoms with Gasteiger partial charge in [0.05, 0.1) is 0 Å². The van der Waals surface area contributed by atoms with Crippen molar-refractivity contribution in [1.82, 2.24) is 9.80 Å². The maximum Gasteiger partial charge on any atom is 0.225 e. The Balaban J connectivity index is 0.00000156. The third kappa shape index (κ3) is 5.44. The van der Waals surface area contributed by atoms with E-state index in [9.17, 15) is 9.18 Å². The number of amides is 1. The molecule has 1 saturated heterocycles. The van der Waals surface area contributed by atoms with E-state index in [4.69, 9.17) is 17.3 Å². The third-order valence-corrected chi connectivity index (χ3v) is 5.30. The van der Waals surface area contributed by atoms with Crippen LogP contribution in [0.2, 0.25) is 5.02 Å². The quantitative estimate of drug-likeness (QED) is 0.830. The fourth-order valence-corrected chi connectivity index (χ4v) is 3.76. The average molecular weight is 413 g/mol. The molecule has 1 amide bonds. The van der Waals surface area contributed by atoms with Gasteiger partial charge < -0.3 is 10.6 Å². The van der Waals surface area contributed by atoms with Gasteiger partial charge in [0.2, 0.25) is 5.91 Å². The Bertz CT molecular complexity index is 562. The normalized spacial score (nSPS) is 23.7. The Morgan fingerprint density at radius 3 is 2.44 bits per heavy atom. The van der Waals surface area contributed by atoms with Crippen molar-refractivity contribution >= 4 is 42.3 Å². The van der Waals surface area contributed by atoms with Crippen molar-refractivity contribution in [2.24, 2.45) is 11.7 Å². The lowest BCUT2D eigenvalue weighted by atomic mass is 10.1. The van der Waals surface area contributed by atoms with E-state index in [1.807, 2.05) is 4.90 Å². The molecule has 3 rings (SSSR count). The number of carbonyl (C=O) groups excluding carboxylic acids is 1. The largest absolute Gasteiger partial charge is 0.340 e. The summed E-state index contributed by atoms with van der Waals surface area (Å²) < 4.78 is 13.9. The first-order chi connectivity index (χ1) is 11.0. The summed E-state index contributed by atoms with van der Waals surface area (Å²) >= 11 is 6.08. The number of halogens is 4. The highest BCUT2D eigenvalue weighted by Gasteiger charge is 2.32. The topological polar surface area (TPSA) is 49.6 Å². The van der Waals surface area contributed by atoms with Gasteiger partial charge in [0.1, 0.15) is 5.82 Å². The van der Waals surface area contributed by atoms with E-state index in [0.29, 0.717) is 30.2 Å². The van der Waals surface area contributed by atoms with Crippen LogP contribution in [0.15, 0.2) is 18.2 Å². The lowest BCUT2D eigenvalue weighted by molar-refractivity contribution is -0.137. The average Bonchev–Trinajstić information content (AvgIpc) is 2.97. The van der Waals surface area contributed by atoms with E-state index < -0.39 is 0 Å². The summed E-state index contributed by atoms with van der Waals surface area (Å²) in [6.07, 6.45) is 2.66. The number of hydrogen-bond donors (Lipinski definition) is 1. The lowest BCUT2D eigenvalue weighted by Crippen LogP contribution is -2.49. The minimum absolute atomic E-state index is 0. The van der Waals surface area contributed by atoms with E-state index in [1.54, 1.807) is 12.1 Å². The highest BCUT2D eigenvalue weighted by Crippen LogP contribution is 2.27. The molecule has 1 aromatic carbocycles. The molecule has 2 unspecified atom stereocenters. The zero-order chi connectivity index (χ0) is 16.4. The molecule has 25 heavy (non-hydrogen) atoms. The van der Waals surface area contributed by atoms with Crippen molar-refractivity contribution in [2.75, 3.05) is 26.2 Å². The van der Waals surface area contributed by atoms with Gasteiger partial charge in [-0.15, -0.1) is 24.8 Å². The van der Waals surface area contributed by atoms with Crippen molar-refractivity contribution in [1.29, 1.82) is 0 Å². The summed E-state index contributed by atoms with van der Waals surface area (Å²) in [5, 5.41) is 0.462. The third-order valence-electron chi connectivity index (χ3n) is 4.95. The molecule has 8 heteroatoms. The zero-order valence-electron chi connectivity index (χ0n) is 14.0. The van der Waals surface area contributed by atoms with Crippen LogP contribution in [0.3, 0.4) is 0 Å². The molecule has 4 nitrogen and oxygen atoms in total. The van der Waals surface area contributed by atoms with Gasteiger partial charge in [0, 0.05) is 55.3 Å². The van der Waals surface area contributed by atoms with Crippen LogP contribution in [-0.4, -0.2) is 47.9 Å². The summed E-state index contributed by atoms with van der Waals surface area (Å²) in [6.45, 7) is 3.36. The van der Waals surface area contributed by atoms with Crippen LogP contribution < -0.4 is 5.73 Å². The highest BCUT2D eigenvalue weighted by atomic mass is 35.5. The molecule has 2 atom stereocenters. The van der Waals surface area contributed by atoms with Crippen LogP contribution in [0.1, 0.15) is 24.8 Å². The summed E-state index contributed by atoms with van der Waals surface area (Å²) in [5.41, 5.74) is 6.44. The molecule has 1 aliphatic heterocycles. The Morgan fingerprint density at radius 2 is 1.88 bits per heavy atom. The predicted octanol–water partition coefficient (Wildman–Crippen LogP) is 3.09. The molecule has 0 aromatic heterocycles. The number of carbonyl (C=O) groups is 1. The fraction of sp³-hybridized carbons (Fsp3) is 0.588. The smallest absolute Gasteiger partial charge is 0.225 e. The van der Waals surface area contributed by atoms with Gasteiger partial charge in [0.15, 0.2) is 0 Å². The van der Waals surface area contributed by atoms with Gasteiger partial charge in [0.25, 0.3) is 0 Å². The molecule has 1 aliphatic carbocycles. The van der Waals surface area contributed by atoms with E-state index in [1.165, 1.54) is 6.07 Å². The maximum atomic E-state index is 13.9. The Kier molecular flexibility index (Phi) is 8.92. The fourth-order valence-electron chi connectivity index (χ4n) is 3.53. The van der Waals surface area contributed by atoms with Crippen molar-refractivity contribution in [3.63, 3.8) is 0 Å². The Morgan fingerprint density at radius 1 is 1.20 bits per heavy atom. The first-order valence-electron chi connectivity index (χ1n) is 8.24. The summed E-state index contributed by atoms with van der Waals surface area (Å²) in [6, 6.07) is 4.94. The van der Waals surface area contributed by atoms with Crippen LogP contribution in [0.4, 0.5) is 4.39 Å². The molecular formula is C17H25Cl3FN3O. The predicted molar refractivity (Wildman–Crippen MR) is 103 cm³/mol. The standard InChI is InChI=1S/C17H23ClFN3O.2ClH/c18-15-2-1-3-16(19)14(15)11-21-6-8-22(9-7-21)17(23)12-4-5-13(20)10-12;;/h1-3,12-13H,4-11,20H2;2*1H. The second kappa shape index (κ2) is 9.93. The maximum absolute atomic E-state index is 13.9. The van der Waals surface area contributed by atoms with Crippen molar-refractivity contribution in [3.05, 3.63) is 34.6 Å². The van der Waals surface area contributed by atoms with Crippen LogP contribution in [0, 0.1) is 11.7 Å². The number of rotatable bonds is 3. The molecular weight excluding hydrogens is 388 g/mol. The second-order valence-electron chi connectivity index (χ2n) is 6.57. The Labute approximate surface area is 165 Å². The van der Waals surface area contributed by atoms with Gasteiger partial charge in [-0.1, -0.05) is 17.7 Å². The molecule has 1 saturated carbocycles. The van der Waals surface area contributed by atoms with E-state index in [-0.39, 0.29) is 48.5 Å². The second-order valence-corrected chi connectivity index (χ2v) is 6.98. The molecule has 0 radical (unpaired) electrons. The van der Waals surface area contributed by atoms with Gasteiger partial charge in [-0.25, -0.2) is 4.39 Å². The van der Waals surface area contributed by atoms with E-state index >= 15 is 0 Å². The summed E-state index contributed by atoms with van der Waals surface area (Å²) in [4.78, 5) is 16.6. The highest BCUT2D eigenvalue weighted by molar-refractivity contribution is 6.31. The number of benzene rings is 1. The van der Waals surface area contributed by atoms with Crippen LogP contribution in [0.5, 0.6) is 0 Å².